The summed E-state index contributed by atoms with van der Waals surface area (Å²) in [4.78, 5) is 42.2. The van der Waals surface area contributed by atoms with Crippen molar-refractivity contribution >= 4 is 40.0 Å². The lowest BCUT2D eigenvalue weighted by molar-refractivity contribution is -0.384. The Morgan fingerprint density at radius 3 is 2.58 bits per heavy atom. The molecule has 40 heavy (non-hydrogen) atoms. The number of hydrogen-bond acceptors (Lipinski definition) is 6. The zero-order valence-corrected chi connectivity index (χ0v) is 22.9. The number of benzene rings is 2. The zero-order chi connectivity index (χ0) is 28.4. The standard InChI is InChI=1S/C32H31N3O5/c1-4-16-34-20(2)17-27(21(34)3)29(36)19-40-32(37)30-25-9-5-6-11-28(25)33-31-23(8-7-10-26(30)31)18-22-12-14-24(15-13-22)35(38)39/h5-6,9,11-15,17-18H,4,7-8,10,16,19H2,1-3H3/b23-18+. The Labute approximate surface area is 232 Å². The number of Topliss-reactive ketones (excluding diaryl/α,β-unsaturated/α-hetero) is 1. The van der Waals surface area contributed by atoms with Gasteiger partial charge in [-0.2, -0.15) is 0 Å². The Kier molecular flexibility index (Phi) is 7.60. The van der Waals surface area contributed by atoms with Gasteiger partial charge in [0.25, 0.3) is 5.69 Å². The van der Waals surface area contributed by atoms with Gasteiger partial charge >= 0.3 is 5.97 Å². The molecule has 2 heterocycles. The van der Waals surface area contributed by atoms with Gasteiger partial charge in [0, 0.05) is 41.0 Å². The molecule has 0 aliphatic heterocycles. The van der Waals surface area contributed by atoms with E-state index in [0.29, 0.717) is 28.5 Å². The first kappa shape index (κ1) is 27.0. The number of carbonyl (C=O) groups is 2. The summed E-state index contributed by atoms with van der Waals surface area (Å²) in [6.45, 7) is 6.47. The van der Waals surface area contributed by atoms with Gasteiger partial charge < -0.3 is 9.30 Å². The molecule has 0 fully saturated rings. The number of aryl methyl sites for hydroxylation is 1. The highest BCUT2D eigenvalue weighted by atomic mass is 16.6. The lowest BCUT2D eigenvalue weighted by atomic mass is 9.86. The van der Waals surface area contributed by atoms with E-state index in [1.807, 2.05) is 50.3 Å². The van der Waals surface area contributed by atoms with Crippen molar-refractivity contribution in [1.29, 1.82) is 0 Å². The molecule has 0 spiro atoms. The van der Waals surface area contributed by atoms with E-state index in [2.05, 4.69) is 11.5 Å². The van der Waals surface area contributed by atoms with E-state index in [0.717, 1.165) is 59.6 Å². The van der Waals surface area contributed by atoms with Crippen molar-refractivity contribution in [2.24, 2.45) is 0 Å². The van der Waals surface area contributed by atoms with Crippen molar-refractivity contribution in [3.8, 4) is 0 Å². The number of nitrogens with zero attached hydrogens (tertiary/aromatic N) is 3. The van der Waals surface area contributed by atoms with Crippen LogP contribution in [0.3, 0.4) is 0 Å². The summed E-state index contributed by atoms with van der Waals surface area (Å²) in [5.41, 5.74) is 6.91. The number of esters is 1. The number of fused-ring (bicyclic) bond motifs is 2. The smallest absolute Gasteiger partial charge is 0.339 e. The van der Waals surface area contributed by atoms with Crippen molar-refractivity contribution in [1.82, 2.24) is 9.55 Å². The minimum atomic E-state index is -0.540. The van der Waals surface area contributed by atoms with Crippen molar-refractivity contribution in [2.75, 3.05) is 6.61 Å². The molecule has 0 amide bonds. The molecule has 4 aromatic rings. The largest absolute Gasteiger partial charge is 0.454 e. The van der Waals surface area contributed by atoms with Gasteiger partial charge in [-0.15, -0.1) is 0 Å². The Hall–Kier alpha value is -4.59. The minimum absolute atomic E-state index is 0.0298. The highest BCUT2D eigenvalue weighted by molar-refractivity contribution is 6.08. The number of nitro benzene ring substituents is 1. The second-order valence-electron chi connectivity index (χ2n) is 10.1. The molecule has 5 rings (SSSR count). The number of ether oxygens (including phenoxy) is 1. The van der Waals surface area contributed by atoms with E-state index in [1.165, 1.54) is 12.1 Å². The summed E-state index contributed by atoms with van der Waals surface area (Å²) in [5, 5.41) is 11.7. The van der Waals surface area contributed by atoms with Crippen molar-refractivity contribution in [2.45, 2.75) is 53.0 Å². The minimum Gasteiger partial charge on any atom is -0.454 e. The molecule has 0 saturated heterocycles. The van der Waals surface area contributed by atoms with Gasteiger partial charge in [-0.25, -0.2) is 9.78 Å². The molecule has 0 atom stereocenters. The third kappa shape index (κ3) is 5.17. The molecule has 0 N–H and O–H groups in total. The summed E-state index contributed by atoms with van der Waals surface area (Å²) in [6.07, 6.45) is 5.15. The Bertz CT molecular complexity index is 1660. The number of aromatic nitrogens is 2. The van der Waals surface area contributed by atoms with E-state index >= 15 is 0 Å². The van der Waals surface area contributed by atoms with Crippen LogP contribution >= 0.6 is 0 Å². The predicted octanol–water partition coefficient (Wildman–Crippen LogP) is 6.89. The number of para-hydroxylation sites is 1. The maximum atomic E-state index is 13.6. The normalized spacial score (nSPS) is 13.8. The lowest BCUT2D eigenvalue weighted by Crippen LogP contribution is -2.19. The molecule has 2 aromatic heterocycles. The first-order chi connectivity index (χ1) is 19.3. The van der Waals surface area contributed by atoms with Crippen LogP contribution in [-0.4, -0.2) is 32.8 Å². The third-order valence-electron chi connectivity index (χ3n) is 7.47. The maximum absolute atomic E-state index is 13.6. The maximum Gasteiger partial charge on any atom is 0.339 e. The van der Waals surface area contributed by atoms with Crippen LogP contribution in [-0.2, 0) is 17.7 Å². The SMILES string of the molecule is CCCn1c(C)cc(C(=O)COC(=O)c2c3c(nc4ccccc24)/C(=C/c2ccc([N+](=O)[O-])cc2)CCC3)c1C. The van der Waals surface area contributed by atoms with Crippen LogP contribution in [0.5, 0.6) is 0 Å². The van der Waals surface area contributed by atoms with Crippen molar-refractivity contribution in [3.05, 3.63) is 104 Å². The number of rotatable bonds is 8. The molecular formula is C32H31N3O5. The fourth-order valence-corrected chi connectivity index (χ4v) is 5.53. The molecule has 204 valence electrons. The number of pyridine rings is 1. The number of nitro groups is 1. The number of hydrogen-bond donors (Lipinski definition) is 0. The van der Waals surface area contributed by atoms with Gasteiger partial charge in [-0.3, -0.25) is 14.9 Å². The molecule has 1 aliphatic carbocycles. The number of non-ortho nitro benzene ring substituents is 1. The van der Waals surface area contributed by atoms with Crippen LogP contribution in [0.1, 0.15) is 75.1 Å². The molecular weight excluding hydrogens is 506 g/mol. The van der Waals surface area contributed by atoms with Gasteiger partial charge in [0.2, 0.25) is 5.78 Å². The highest BCUT2D eigenvalue weighted by Crippen LogP contribution is 2.36. The summed E-state index contributed by atoms with van der Waals surface area (Å²) < 4.78 is 7.77. The molecule has 0 radical (unpaired) electrons. The van der Waals surface area contributed by atoms with Crippen LogP contribution in [0, 0.1) is 24.0 Å². The molecule has 2 aromatic carbocycles. The van der Waals surface area contributed by atoms with Gasteiger partial charge in [0.1, 0.15) is 0 Å². The van der Waals surface area contributed by atoms with Crippen molar-refractivity contribution < 1.29 is 19.2 Å². The highest BCUT2D eigenvalue weighted by Gasteiger charge is 2.27. The monoisotopic (exact) mass is 537 g/mol. The van der Waals surface area contributed by atoms with Crippen LogP contribution in [0.4, 0.5) is 5.69 Å². The second-order valence-corrected chi connectivity index (χ2v) is 10.1. The average molecular weight is 538 g/mol. The third-order valence-corrected chi connectivity index (χ3v) is 7.47. The van der Waals surface area contributed by atoms with Crippen LogP contribution in [0.15, 0.2) is 54.6 Å². The topological polar surface area (TPSA) is 104 Å². The van der Waals surface area contributed by atoms with Crippen LogP contribution < -0.4 is 0 Å². The van der Waals surface area contributed by atoms with Gasteiger partial charge in [-0.05, 0) is 86.6 Å². The summed E-state index contributed by atoms with van der Waals surface area (Å²) in [7, 11) is 0. The summed E-state index contributed by atoms with van der Waals surface area (Å²) in [6, 6.07) is 15.7. The molecule has 1 aliphatic rings. The Balaban J connectivity index is 1.48. The van der Waals surface area contributed by atoms with Crippen LogP contribution in [0.2, 0.25) is 0 Å². The lowest BCUT2D eigenvalue weighted by Gasteiger charge is -2.22. The Morgan fingerprint density at radius 2 is 1.85 bits per heavy atom. The summed E-state index contributed by atoms with van der Waals surface area (Å²) >= 11 is 0. The van der Waals surface area contributed by atoms with Gasteiger partial charge in [0.15, 0.2) is 6.61 Å². The van der Waals surface area contributed by atoms with Gasteiger partial charge in [0.05, 0.1) is 21.7 Å². The van der Waals surface area contributed by atoms with Crippen LogP contribution in [0.25, 0.3) is 22.6 Å². The van der Waals surface area contributed by atoms with E-state index in [1.54, 1.807) is 12.1 Å². The van der Waals surface area contributed by atoms with Gasteiger partial charge in [-0.1, -0.05) is 25.1 Å². The Morgan fingerprint density at radius 1 is 1.10 bits per heavy atom. The number of allylic oxidation sites excluding steroid dienone is 1. The molecule has 8 nitrogen and oxygen atoms in total. The van der Waals surface area contributed by atoms with E-state index < -0.39 is 10.9 Å². The number of ketones is 1. The summed E-state index contributed by atoms with van der Waals surface area (Å²) in [5.74, 6) is -0.767. The van der Waals surface area contributed by atoms with E-state index in [9.17, 15) is 19.7 Å². The molecule has 0 saturated carbocycles. The van der Waals surface area contributed by atoms with E-state index in [4.69, 9.17) is 9.72 Å². The molecule has 0 unspecified atom stereocenters. The quantitative estimate of drug-likeness (QED) is 0.105. The molecule has 0 bridgehead atoms. The first-order valence-electron chi connectivity index (χ1n) is 13.5. The predicted molar refractivity (Wildman–Crippen MR) is 154 cm³/mol. The molecule has 8 heteroatoms. The second kappa shape index (κ2) is 11.3. The fraction of sp³-hybridized carbons (Fsp3) is 0.281. The fourth-order valence-electron chi connectivity index (χ4n) is 5.53. The van der Waals surface area contributed by atoms with E-state index in [-0.39, 0.29) is 18.1 Å². The van der Waals surface area contributed by atoms with Crippen molar-refractivity contribution in [3.63, 3.8) is 0 Å². The first-order valence-corrected chi connectivity index (χ1v) is 13.5. The number of carbonyl (C=O) groups excluding carboxylic acids is 2. The average Bonchev–Trinajstić information content (AvgIpc) is 3.24. The zero-order valence-electron chi connectivity index (χ0n) is 22.9.